The molecule has 0 fully saturated rings. The summed E-state index contributed by atoms with van der Waals surface area (Å²) in [7, 11) is 1.62. The predicted molar refractivity (Wildman–Crippen MR) is 82.9 cm³/mol. The number of nitrogens with zero attached hydrogens (tertiary/aromatic N) is 1. The highest BCUT2D eigenvalue weighted by Gasteiger charge is 2.18. The molecule has 0 heterocycles. The molecule has 0 unspecified atom stereocenters. The van der Waals surface area contributed by atoms with Crippen LogP contribution in [0.5, 0.6) is 0 Å². The van der Waals surface area contributed by atoms with Crippen LogP contribution in [0.3, 0.4) is 0 Å². The van der Waals surface area contributed by atoms with Crippen LogP contribution in [0, 0.1) is 11.3 Å². The Morgan fingerprint density at radius 2 is 1.81 bits per heavy atom. The number of carbonyl (C=O) groups excluding carboxylic acids is 1. The lowest BCUT2D eigenvalue weighted by Crippen LogP contribution is -2.21. The maximum atomic E-state index is 12.0. The van der Waals surface area contributed by atoms with Crippen molar-refractivity contribution in [3.63, 3.8) is 0 Å². The highest BCUT2D eigenvalue weighted by atomic mass is 16.1. The van der Waals surface area contributed by atoms with Crippen LogP contribution in [0.25, 0.3) is 0 Å². The summed E-state index contributed by atoms with van der Waals surface area (Å²) in [5, 5.41) is 11.8. The Morgan fingerprint density at radius 3 is 2.48 bits per heavy atom. The molecule has 1 N–H and O–H groups in total. The number of rotatable bonds is 5. The highest BCUT2D eigenvalue weighted by Crippen LogP contribution is 2.27. The number of amides is 1. The zero-order valence-electron chi connectivity index (χ0n) is 12.0. The Hall–Kier alpha value is -2.60. The fraction of sp³-hybridized carbons (Fsp3) is 0.222. The molecule has 106 valence electrons. The zero-order chi connectivity index (χ0) is 15.1. The first kappa shape index (κ1) is 14.8. The summed E-state index contributed by atoms with van der Waals surface area (Å²) >= 11 is 0. The van der Waals surface area contributed by atoms with Crippen LogP contribution in [-0.4, -0.2) is 13.0 Å². The van der Waals surface area contributed by atoms with E-state index in [0.29, 0.717) is 12.0 Å². The van der Waals surface area contributed by atoms with E-state index in [9.17, 15) is 4.79 Å². The number of hydrogen-bond acceptors (Lipinski definition) is 2. The average molecular weight is 278 g/mol. The first-order chi connectivity index (χ1) is 10.3. The molecule has 0 bridgehead atoms. The monoisotopic (exact) mass is 278 g/mol. The van der Waals surface area contributed by atoms with E-state index in [2.05, 4.69) is 11.4 Å². The Labute approximate surface area is 125 Å². The van der Waals surface area contributed by atoms with Crippen molar-refractivity contribution in [1.82, 2.24) is 5.32 Å². The van der Waals surface area contributed by atoms with E-state index in [1.165, 1.54) is 5.56 Å². The second kappa shape index (κ2) is 7.25. The molecule has 0 aliphatic rings. The normalized spacial score (nSPS) is 11.4. The fourth-order valence-electron chi connectivity index (χ4n) is 2.50. The third-order valence-electron chi connectivity index (χ3n) is 3.53. The van der Waals surface area contributed by atoms with Crippen molar-refractivity contribution >= 4 is 5.91 Å². The van der Waals surface area contributed by atoms with Gasteiger partial charge in [-0.2, -0.15) is 5.26 Å². The number of hydrogen-bond donors (Lipinski definition) is 1. The predicted octanol–water partition coefficient (Wildman–Crippen LogP) is 3.29. The first-order valence-corrected chi connectivity index (χ1v) is 6.98. The average Bonchev–Trinajstić information content (AvgIpc) is 2.55. The Bertz CT molecular complexity index is 644. The molecule has 1 amide bonds. The summed E-state index contributed by atoms with van der Waals surface area (Å²) in [4.78, 5) is 12.0. The van der Waals surface area contributed by atoms with Crippen molar-refractivity contribution in [3.8, 4) is 6.07 Å². The van der Waals surface area contributed by atoms with Crippen LogP contribution >= 0.6 is 0 Å². The van der Waals surface area contributed by atoms with Gasteiger partial charge in [-0.25, -0.2) is 0 Å². The van der Waals surface area contributed by atoms with Gasteiger partial charge >= 0.3 is 0 Å². The molecule has 0 radical (unpaired) electrons. The van der Waals surface area contributed by atoms with Gasteiger partial charge in [0.1, 0.15) is 0 Å². The number of nitriles is 1. The lowest BCUT2D eigenvalue weighted by molar-refractivity contribution is 0.0961. The van der Waals surface area contributed by atoms with Gasteiger partial charge in [-0.1, -0.05) is 48.5 Å². The summed E-state index contributed by atoms with van der Waals surface area (Å²) in [5.74, 6) is -0.0903. The quantitative estimate of drug-likeness (QED) is 0.912. The summed E-state index contributed by atoms with van der Waals surface area (Å²) in [6.45, 7) is 0. The topological polar surface area (TPSA) is 52.9 Å². The molecule has 21 heavy (non-hydrogen) atoms. The van der Waals surface area contributed by atoms with Crippen molar-refractivity contribution in [2.75, 3.05) is 7.05 Å². The minimum atomic E-state index is -0.110. The lowest BCUT2D eigenvalue weighted by atomic mass is 9.86. The van der Waals surface area contributed by atoms with Gasteiger partial charge in [0.2, 0.25) is 0 Å². The first-order valence-electron chi connectivity index (χ1n) is 6.98. The van der Waals surface area contributed by atoms with Gasteiger partial charge in [-0.15, -0.1) is 0 Å². The lowest BCUT2D eigenvalue weighted by Gasteiger charge is -2.17. The number of benzene rings is 2. The maximum Gasteiger partial charge on any atom is 0.251 e. The third kappa shape index (κ3) is 3.70. The van der Waals surface area contributed by atoms with E-state index in [1.54, 1.807) is 7.05 Å². The maximum absolute atomic E-state index is 12.0. The van der Waals surface area contributed by atoms with E-state index in [0.717, 1.165) is 12.0 Å². The second-order valence-electron chi connectivity index (χ2n) is 4.92. The van der Waals surface area contributed by atoms with Gasteiger partial charge in [-0.3, -0.25) is 4.79 Å². The molecule has 2 aromatic rings. The molecule has 2 aromatic carbocycles. The van der Waals surface area contributed by atoms with Gasteiger partial charge < -0.3 is 5.32 Å². The molecule has 0 aliphatic heterocycles. The van der Waals surface area contributed by atoms with Gasteiger partial charge in [0.25, 0.3) is 5.91 Å². The van der Waals surface area contributed by atoms with Crippen molar-refractivity contribution < 1.29 is 4.79 Å². The van der Waals surface area contributed by atoms with Crippen LogP contribution in [0.2, 0.25) is 0 Å². The number of carbonyl (C=O) groups is 1. The molecule has 1 atom stereocenters. The van der Waals surface area contributed by atoms with Gasteiger partial charge in [-0.05, 0) is 23.6 Å². The van der Waals surface area contributed by atoms with Gasteiger partial charge in [0.15, 0.2) is 0 Å². The smallest absolute Gasteiger partial charge is 0.251 e. The van der Waals surface area contributed by atoms with E-state index >= 15 is 0 Å². The summed E-state index contributed by atoms with van der Waals surface area (Å²) in [6, 6.07) is 19.8. The van der Waals surface area contributed by atoms with Gasteiger partial charge in [0, 0.05) is 24.9 Å². The molecule has 0 saturated heterocycles. The minimum Gasteiger partial charge on any atom is -0.355 e. The molecule has 0 aromatic heterocycles. The molecule has 0 spiro atoms. The largest absolute Gasteiger partial charge is 0.355 e. The summed E-state index contributed by atoms with van der Waals surface area (Å²) < 4.78 is 0. The Kier molecular flexibility index (Phi) is 5.11. The third-order valence-corrected chi connectivity index (χ3v) is 3.53. The summed E-state index contributed by atoms with van der Waals surface area (Å²) in [6.07, 6.45) is 1.14. The zero-order valence-corrected chi connectivity index (χ0v) is 12.0. The Morgan fingerprint density at radius 1 is 1.14 bits per heavy atom. The molecular formula is C18H18N2O. The van der Waals surface area contributed by atoms with Crippen LogP contribution in [0.1, 0.15) is 33.8 Å². The fourth-order valence-corrected chi connectivity index (χ4v) is 2.50. The van der Waals surface area contributed by atoms with Gasteiger partial charge in [0.05, 0.1) is 6.07 Å². The van der Waals surface area contributed by atoms with Crippen molar-refractivity contribution in [2.45, 2.75) is 18.8 Å². The minimum absolute atomic E-state index is 0.0194. The number of nitrogens with one attached hydrogen (secondary N) is 1. The Balaban J connectivity index is 2.35. The van der Waals surface area contributed by atoms with Crippen molar-refractivity contribution in [2.24, 2.45) is 0 Å². The van der Waals surface area contributed by atoms with Crippen molar-refractivity contribution in [1.29, 1.82) is 5.26 Å². The van der Waals surface area contributed by atoms with Crippen LogP contribution in [0.4, 0.5) is 0 Å². The molecule has 0 aliphatic carbocycles. The highest BCUT2D eigenvalue weighted by molar-refractivity contribution is 5.95. The second-order valence-corrected chi connectivity index (χ2v) is 4.92. The van der Waals surface area contributed by atoms with Crippen LogP contribution in [-0.2, 0) is 6.42 Å². The molecular weight excluding hydrogens is 260 g/mol. The summed E-state index contributed by atoms with van der Waals surface area (Å²) in [5.41, 5.74) is 2.75. The van der Waals surface area contributed by atoms with E-state index in [4.69, 9.17) is 5.26 Å². The van der Waals surface area contributed by atoms with E-state index in [-0.39, 0.29) is 11.8 Å². The van der Waals surface area contributed by atoms with Crippen LogP contribution < -0.4 is 5.32 Å². The molecule has 3 heteroatoms. The molecule has 3 nitrogen and oxygen atoms in total. The van der Waals surface area contributed by atoms with E-state index in [1.807, 2.05) is 54.6 Å². The molecule has 0 saturated carbocycles. The standard InChI is InChI=1S/C18H18N2O/c1-20-18(21)17-10-6-5-9-16(17)15(11-12-19)13-14-7-3-2-4-8-14/h2-10,15H,11,13H2,1H3,(H,20,21)/t15-/m1/s1. The van der Waals surface area contributed by atoms with E-state index < -0.39 is 0 Å². The molecule has 2 rings (SSSR count). The van der Waals surface area contributed by atoms with Crippen molar-refractivity contribution in [3.05, 3.63) is 71.3 Å². The SMILES string of the molecule is CNC(=O)c1ccccc1[C@H](CC#N)Cc1ccccc1. The van der Waals surface area contributed by atoms with Crippen LogP contribution in [0.15, 0.2) is 54.6 Å².